The van der Waals surface area contributed by atoms with Gasteiger partial charge in [-0.2, -0.15) is 0 Å². The van der Waals surface area contributed by atoms with Gasteiger partial charge in [-0.05, 0) is 56.0 Å². The molecule has 0 saturated heterocycles. The highest BCUT2D eigenvalue weighted by Gasteiger charge is 2.29. The topological polar surface area (TPSA) is 21.3 Å². The first kappa shape index (κ1) is 18.0. The predicted octanol–water partition coefficient (Wildman–Crippen LogP) is 4.49. The summed E-state index contributed by atoms with van der Waals surface area (Å²) in [5.74, 6) is 3.32. The molecule has 1 aliphatic rings. The van der Waals surface area contributed by atoms with Crippen LogP contribution in [0.5, 0.6) is 0 Å². The summed E-state index contributed by atoms with van der Waals surface area (Å²) in [6.07, 6.45) is 8.12. The van der Waals surface area contributed by atoms with Crippen LogP contribution in [0.4, 0.5) is 0 Å². The van der Waals surface area contributed by atoms with Crippen LogP contribution in [-0.4, -0.2) is 26.3 Å². The van der Waals surface area contributed by atoms with Gasteiger partial charge >= 0.3 is 0 Å². The van der Waals surface area contributed by atoms with Crippen molar-refractivity contribution >= 4 is 0 Å². The van der Waals surface area contributed by atoms with E-state index in [9.17, 15) is 0 Å². The molecule has 0 heterocycles. The second-order valence-electron chi connectivity index (χ2n) is 7.11. The Morgan fingerprint density at radius 2 is 1.90 bits per heavy atom. The van der Waals surface area contributed by atoms with E-state index in [1.807, 2.05) is 0 Å². The molecule has 0 aromatic rings. The van der Waals surface area contributed by atoms with Crippen LogP contribution < -0.4 is 5.32 Å². The van der Waals surface area contributed by atoms with E-state index in [0.717, 1.165) is 49.9 Å². The van der Waals surface area contributed by atoms with Gasteiger partial charge in [0, 0.05) is 13.2 Å². The lowest BCUT2D eigenvalue weighted by molar-refractivity contribution is 0.0433. The summed E-state index contributed by atoms with van der Waals surface area (Å²) in [7, 11) is 0. The van der Waals surface area contributed by atoms with Gasteiger partial charge in [-0.25, -0.2) is 0 Å². The molecule has 0 spiro atoms. The lowest BCUT2D eigenvalue weighted by atomic mass is 9.73. The SMILES string of the molecule is CCCOCC1CC(CCC)CCC1CNCC(C)C. The van der Waals surface area contributed by atoms with Gasteiger partial charge in [-0.15, -0.1) is 0 Å². The molecule has 1 saturated carbocycles. The molecule has 3 unspecified atom stereocenters. The standard InChI is InChI=1S/C18H37NO/c1-5-7-16-8-9-17(13-19-12-15(3)4)18(11-16)14-20-10-6-2/h15-19H,5-14H2,1-4H3. The van der Waals surface area contributed by atoms with E-state index in [2.05, 4.69) is 33.0 Å². The molecule has 3 atom stereocenters. The summed E-state index contributed by atoms with van der Waals surface area (Å²) >= 11 is 0. The molecule has 1 N–H and O–H groups in total. The Balaban J connectivity index is 2.38. The van der Waals surface area contributed by atoms with Gasteiger partial charge in [0.1, 0.15) is 0 Å². The average Bonchev–Trinajstić information content (AvgIpc) is 2.41. The van der Waals surface area contributed by atoms with Gasteiger partial charge in [0.2, 0.25) is 0 Å². The maximum absolute atomic E-state index is 5.88. The lowest BCUT2D eigenvalue weighted by Gasteiger charge is -2.36. The third-order valence-electron chi connectivity index (χ3n) is 4.58. The first-order valence-electron chi connectivity index (χ1n) is 8.95. The van der Waals surface area contributed by atoms with Gasteiger partial charge < -0.3 is 10.1 Å². The second-order valence-corrected chi connectivity index (χ2v) is 7.11. The van der Waals surface area contributed by atoms with E-state index in [1.165, 1.54) is 38.6 Å². The fourth-order valence-electron chi connectivity index (χ4n) is 3.50. The molecule has 0 amide bonds. The Morgan fingerprint density at radius 3 is 2.55 bits per heavy atom. The molecule has 0 aliphatic heterocycles. The Labute approximate surface area is 127 Å². The zero-order valence-corrected chi connectivity index (χ0v) is 14.3. The van der Waals surface area contributed by atoms with E-state index < -0.39 is 0 Å². The molecule has 2 heteroatoms. The van der Waals surface area contributed by atoms with Crippen molar-refractivity contribution in [2.24, 2.45) is 23.7 Å². The van der Waals surface area contributed by atoms with Crippen LogP contribution in [0, 0.1) is 23.7 Å². The van der Waals surface area contributed by atoms with Crippen LogP contribution in [0.15, 0.2) is 0 Å². The average molecular weight is 284 g/mol. The maximum atomic E-state index is 5.88. The number of hydrogen-bond acceptors (Lipinski definition) is 2. The minimum atomic E-state index is 0.751. The zero-order chi connectivity index (χ0) is 14.8. The molecule has 0 aromatic carbocycles. The largest absolute Gasteiger partial charge is 0.381 e. The normalized spacial score (nSPS) is 27.1. The zero-order valence-electron chi connectivity index (χ0n) is 14.3. The van der Waals surface area contributed by atoms with Gasteiger partial charge in [-0.1, -0.05) is 47.0 Å². The molecule has 1 aliphatic carbocycles. The number of nitrogens with one attached hydrogen (secondary N) is 1. The summed E-state index contributed by atoms with van der Waals surface area (Å²) in [4.78, 5) is 0. The first-order valence-corrected chi connectivity index (χ1v) is 8.95. The summed E-state index contributed by atoms with van der Waals surface area (Å²) in [5.41, 5.74) is 0. The highest BCUT2D eigenvalue weighted by atomic mass is 16.5. The monoisotopic (exact) mass is 283 g/mol. The van der Waals surface area contributed by atoms with Gasteiger partial charge in [0.15, 0.2) is 0 Å². The van der Waals surface area contributed by atoms with Crippen molar-refractivity contribution in [3.63, 3.8) is 0 Å². The molecule has 0 bridgehead atoms. The Morgan fingerprint density at radius 1 is 1.10 bits per heavy atom. The molecular formula is C18H37NO. The summed E-state index contributed by atoms with van der Waals surface area (Å²) in [5, 5.41) is 3.67. The van der Waals surface area contributed by atoms with Gasteiger partial charge in [0.25, 0.3) is 0 Å². The van der Waals surface area contributed by atoms with Crippen LogP contribution in [0.3, 0.4) is 0 Å². The Hall–Kier alpha value is -0.0800. The summed E-state index contributed by atoms with van der Waals surface area (Å²) in [6.45, 7) is 13.3. The van der Waals surface area contributed by atoms with Crippen molar-refractivity contribution in [3.8, 4) is 0 Å². The van der Waals surface area contributed by atoms with Gasteiger partial charge in [0.05, 0.1) is 0 Å². The minimum Gasteiger partial charge on any atom is -0.381 e. The molecule has 1 fully saturated rings. The van der Waals surface area contributed by atoms with E-state index in [4.69, 9.17) is 4.74 Å². The molecule has 1 rings (SSSR count). The van der Waals surface area contributed by atoms with Crippen molar-refractivity contribution in [1.29, 1.82) is 0 Å². The van der Waals surface area contributed by atoms with Crippen molar-refractivity contribution in [2.45, 2.75) is 66.2 Å². The van der Waals surface area contributed by atoms with E-state index >= 15 is 0 Å². The quantitative estimate of drug-likeness (QED) is 0.596. The molecule has 2 nitrogen and oxygen atoms in total. The van der Waals surface area contributed by atoms with Crippen LogP contribution in [0.2, 0.25) is 0 Å². The van der Waals surface area contributed by atoms with Crippen LogP contribution in [-0.2, 0) is 4.74 Å². The lowest BCUT2D eigenvalue weighted by Crippen LogP contribution is -2.36. The van der Waals surface area contributed by atoms with Gasteiger partial charge in [-0.3, -0.25) is 0 Å². The van der Waals surface area contributed by atoms with Crippen molar-refractivity contribution in [1.82, 2.24) is 5.32 Å². The van der Waals surface area contributed by atoms with Crippen LogP contribution in [0.1, 0.15) is 66.2 Å². The Kier molecular flexibility index (Phi) is 9.54. The molecule has 0 aromatic heterocycles. The predicted molar refractivity (Wildman–Crippen MR) is 88.0 cm³/mol. The van der Waals surface area contributed by atoms with Crippen molar-refractivity contribution in [3.05, 3.63) is 0 Å². The molecule has 0 radical (unpaired) electrons. The van der Waals surface area contributed by atoms with E-state index in [-0.39, 0.29) is 0 Å². The van der Waals surface area contributed by atoms with Crippen molar-refractivity contribution < 1.29 is 4.74 Å². The van der Waals surface area contributed by atoms with Crippen molar-refractivity contribution in [2.75, 3.05) is 26.3 Å². The summed E-state index contributed by atoms with van der Waals surface area (Å²) in [6, 6.07) is 0. The van der Waals surface area contributed by atoms with E-state index in [0.29, 0.717) is 0 Å². The molecule has 20 heavy (non-hydrogen) atoms. The third-order valence-corrected chi connectivity index (χ3v) is 4.58. The first-order chi connectivity index (χ1) is 9.67. The fraction of sp³-hybridized carbons (Fsp3) is 1.00. The molecule has 120 valence electrons. The number of hydrogen-bond donors (Lipinski definition) is 1. The summed E-state index contributed by atoms with van der Waals surface area (Å²) < 4.78 is 5.88. The fourth-order valence-corrected chi connectivity index (χ4v) is 3.50. The minimum absolute atomic E-state index is 0.751. The Bertz CT molecular complexity index is 229. The smallest absolute Gasteiger partial charge is 0.0497 e. The number of ether oxygens (including phenoxy) is 1. The highest BCUT2D eigenvalue weighted by Crippen LogP contribution is 2.36. The number of rotatable bonds is 10. The molecular weight excluding hydrogens is 246 g/mol. The highest BCUT2D eigenvalue weighted by molar-refractivity contribution is 4.81. The second kappa shape index (κ2) is 10.6. The third kappa shape index (κ3) is 7.08. The van der Waals surface area contributed by atoms with Crippen LogP contribution in [0.25, 0.3) is 0 Å². The van der Waals surface area contributed by atoms with Crippen LogP contribution >= 0.6 is 0 Å². The van der Waals surface area contributed by atoms with E-state index in [1.54, 1.807) is 0 Å². The maximum Gasteiger partial charge on any atom is 0.0497 e.